The third-order valence-corrected chi connectivity index (χ3v) is 2.14. The molecule has 0 aliphatic rings. The fourth-order valence-electron chi connectivity index (χ4n) is 1.36. The molecule has 0 aliphatic heterocycles. The molecule has 1 rings (SSSR count). The minimum absolute atomic E-state index is 0.0623. The Morgan fingerprint density at radius 1 is 1.33 bits per heavy atom. The molecular weight excluding hydrogens is 238 g/mol. The normalized spacial score (nSPS) is 9.67. The molecule has 1 amide bonds. The molecule has 6 nitrogen and oxygen atoms in total. The molecule has 96 valence electrons. The molecule has 1 aromatic carbocycles. The molecule has 0 unspecified atom stereocenters. The van der Waals surface area contributed by atoms with Crippen molar-refractivity contribution in [1.29, 1.82) is 0 Å². The van der Waals surface area contributed by atoms with Gasteiger partial charge in [-0.25, -0.2) is 4.79 Å². The van der Waals surface area contributed by atoms with Gasteiger partial charge in [0.05, 0.1) is 24.8 Å². The van der Waals surface area contributed by atoms with Gasteiger partial charge in [0.15, 0.2) is 0 Å². The van der Waals surface area contributed by atoms with E-state index in [-0.39, 0.29) is 23.5 Å². The lowest BCUT2D eigenvalue weighted by atomic mass is 10.1. The maximum absolute atomic E-state index is 11.4. The number of ether oxygens (including phenoxy) is 1. The molecule has 6 heteroatoms. The number of carboxylic acid groups (broad SMARTS) is 1. The largest absolute Gasteiger partial charge is 0.497 e. The average Bonchev–Trinajstić information content (AvgIpc) is 2.27. The monoisotopic (exact) mass is 251 g/mol. The summed E-state index contributed by atoms with van der Waals surface area (Å²) < 4.78 is 4.94. The zero-order valence-corrected chi connectivity index (χ0v) is 10.0. The van der Waals surface area contributed by atoms with E-state index in [1.165, 1.54) is 32.2 Å². The lowest BCUT2D eigenvalue weighted by Crippen LogP contribution is -2.17. The van der Waals surface area contributed by atoms with Crippen LogP contribution in [0.1, 0.15) is 23.7 Å². The number of carbonyl (C=O) groups excluding carboxylic acids is 2. The average molecular weight is 251 g/mol. The van der Waals surface area contributed by atoms with Crippen molar-refractivity contribution in [1.82, 2.24) is 0 Å². The number of carboxylic acids is 1. The highest BCUT2D eigenvalue weighted by atomic mass is 16.5. The SMILES string of the molecule is COc1ccc(C(=O)O)c(NC(=O)CC(C)=O)c1. The minimum Gasteiger partial charge on any atom is -0.497 e. The third-order valence-electron chi connectivity index (χ3n) is 2.14. The Kier molecular flexibility index (Phi) is 4.42. The summed E-state index contributed by atoms with van der Waals surface area (Å²) in [5.74, 6) is -1.61. The van der Waals surface area contributed by atoms with Crippen molar-refractivity contribution in [2.24, 2.45) is 0 Å². The van der Waals surface area contributed by atoms with Gasteiger partial charge in [-0.2, -0.15) is 0 Å². The molecule has 0 aromatic heterocycles. The maximum atomic E-state index is 11.4. The van der Waals surface area contributed by atoms with Gasteiger partial charge in [-0.15, -0.1) is 0 Å². The summed E-state index contributed by atoms with van der Waals surface area (Å²) in [5, 5.41) is 11.3. The van der Waals surface area contributed by atoms with Crippen LogP contribution in [0.2, 0.25) is 0 Å². The highest BCUT2D eigenvalue weighted by Gasteiger charge is 2.14. The lowest BCUT2D eigenvalue weighted by molar-refractivity contribution is -0.124. The van der Waals surface area contributed by atoms with Gasteiger partial charge in [0, 0.05) is 6.07 Å². The van der Waals surface area contributed by atoms with Crippen LogP contribution in [0.5, 0.6) is 5.75 Å². The number of carbonyl (C=O) groups is 3. The van der Waals surface area contributed by atoms with Crippen LogP contribution in [-0.4, -0.2) is 29.9 Å². The molecule has 0 atom stereocenters. The predicted molar refractivity (Wildman–Crippen MR) is 63.9 cm³/mol. The van der Waals surface area contributed by atoms with Gasteiger partial charge in [0.1, 0.15) is 11.5 Å². The second kappa shape index (κ2) is 5.81. The summed E-state index contributed by atoms with van der Waals surface area (Å²) in [4.78, 5) is 33.2. The molecule has 0 saturated heterocycles. The Balaban J connectivity index is 3.00. The van der Waals surface area contributed by atoms with Crippen LogP contribution >= 0.6 is 0 Å². The van der Waals surface area contributed by atoms with Crippen molar-refractivity contribution in [3.05, 3.63) is 23.8 Å². The summed E-state index contributed by atoms with van der Waals surface area (Å²) in [6.45, 7) is 1.28. The van der Waals surface area contributed by atoms with E-state index in [1.54, 1.807) is 0 Å². The molecular formula is C12H13NO5. The maximum Gasteiger partial charge on any atom is 0.337 e. The van der Waals surface area contributed by atoms with Gasteiger partial charge in [-0.05, 0) is 19.1 Å². The van der Waals surface area contributed by atoms with E-state index in [1.807, 2.05) is 0 Å². The highest BCUT2D eigenvalue weighted by Crippen LogP contribution is 2.22. The Bertz CT molecular complexity index is 495. The minimum atomic E-state index is -1.17. The number of ketones is 1. The number of anilines is 1. The predicted octanol–water partition coefficient (Wildman–Crippen LogP) is 1.31. The Morgan fingerprint density at radius 3 is 2.50 bits per heavy atom. The molecule has 0 radical (unpaired) electrons. The Hall–Kier alpha value is -2.37. The zero-order chi connectivity index (χ0) is 13.7. The highest BCUT2D eigenvalue weighted by molar-refractivity contribution is 6.06. The number of nitrogens with one attached hydrogen (secondary N) is 1. The fourth-order valence-corrected chi connectivity index (χ4v) is 1.36. The summed E-state index contributed by atoms with van der Waals surface area (Å²) in [6.07, 6.45) is -0.295. The summed E-state index contributed by atoms with van der Waals surface area (Å²) in [6, 6.07) is 4.19. The van der Waals surface area contributed by atoms with Gasteiger partial charge in [0.2, 0.25) is 5.91 Å². The fraction of sp³-hybridized carbons (Fsp3) is 0.250. The molecule has 0 aliphatic carbocycles. The van der Waals surface area contributed by atoms with Crippen LogP contribution < -0.4 is 10.1 Å². The smallest absolute Gasteiger partial charge is 0.337 e. The van der Waals surface area contributed by atoms with Gasteiger partial charge >= 0.3 is 5.97 Å². The van der Waals surface area contributed by atoms with Crippen molar-refractivity contribution < 1.29 is 24.2 Å². The number of rotatable bonds is 5. The van der Waals surface area contributed by atoms with E-state index >= 15 is 0 Å². The first-order valence-corrected chi connectivity index (χ1v) is 5.14. The zero-order valence-electron chi connectivity index (χ0n) is 10.0. The van der Waals surface area contributed by atoms with Crippen LogP contribution in [0.3, 0.4) is 0 Å². The molecule has 0 bridgehead atoms. The van der Waals surface area contributed by atoms with E-state index in [9.17, 15) is 14.4 Å². The Labute approximate surface area is 104 Å². The van der Waals surface area contributed by atoms with Crippen molar-refractivity contribution in [2.45, 2.75) is 13.3 Å². The van der Waals surface area contributed by atoms with E-state index in [2.05, 4.69) is 5.32 Å². The third kappa shape index (κ3) is 3.58. The first kappa shape index (κ1) is 13.7. The molecule has 18 heavy (non-hydrogen) atoms. The standard InChI is InChI=1S/C12H13NO5/c1-7(14)5-11(15)13-10-6-8(18-2)3-4-9(10)12(16)17/h3-4,6H,5H2,1-2H3,(H,13,15)(H,16,17). The number of amides is 1. The number of benzene rings is 1. The van der Waals surface area contributed by atoms with Gasteiger partial charge in [-0.1, -0.05) is 0 Å². The van der Waals surface area contributed by atoms with E-state index in [0.29, 0.717) is 5.75 Å². The van der Waals surface area contributed by atoms with Crippen molar-refractivity contribution >= 4 is 23.3 Å². The van der Waals surface area contributed by atoms with Gasteiger partial charge in [-0.3, -0.25) is 9.59 Å². The number of Topliss-reactive ketones (excluding diaryl/α,β-unsaturated/α-hetero) is 1. The molecule has 0 spiro atoms. The van der Waals surface area contributed by atoms with Gasteiger partial charge in [0.25, 0.3) is 0 Å². The van der Waals surface area contributed by atoms with E-state index in [0.717, 1.165) is 0 Å². The van der Waals surface area contributed by atoms with Crippen LogP contribution in [0, 0.1) is 0 Å². The van der Waals surface area contributed by atoms with Crippen molar-refractivity contribution in [3.8, 4) is 5.75 Å². The van der Waals surface area contributed by atoms with Gasteiger partial charge < -0.3 is 15.2 Å². The van der Waals surface area contributed by atoms with Crippen LogP contribution in [0.15, 0.2) is 18.2 Å². The second-order valence-electron chi connectivity index (χ2n) is 3.64. The number of hydrogen-bond donors (Lipinski definition) is 2. The van der Waals surface area contributed by atoms with Crippen molar-refractivity contribution in [3.63, 3.8) is 0 Å². The summed E-state index contributed by atoms with van der Waals surface area (Å²) in [7, 11) is 1.43. The van der Waals surface area contributed by atoms with E-state index < -0.39 is 11.9 Å². The quantitative estimate of drug-likeness (QED) is 0.770. The summed E-state index contributed by atoms with van der Waals surface area (Å²) in [5.41, 5.74) is 0.0424. The summed E-state index contributed by atoms with van der Waals surface area (Å²) >= 11 is 0. The number of aromatic carboxylic acids is 1. The van der Waals surface area contributed by atoms with Crippen LogP contribution in [0.25, 0.3) is 0 Å². The van der Waals surface area contributed by atoms with Crippen LogP contribution in [0.4, 0.5) is 5.69 Å². The van der Waals surface area contributed by atoms with Crippen LogP contribution in [-0.2, 0) is 9.59 Å². The molecule has 0 saturated carbocycles. The molecule has 2 N–H and O–H groups in total. The molecule has 0 heterocycles. The number of hydrogen-bond acceptors (Lipinski definition) is 4. The first-order chi connectivity index (χ1) is 8.43. The topological polar surface area (TPSA) is 92.7 Å². The first-order valence-electron chi connectivity index (χ1n) is 5.14. The van der Waals surface area contributed by atoms with Crippen molar-refractivity contribution in [2.75, 3.05) is 12.4 Å². The number of methoxy groups -OCH3 is 1. The Morgan fingerprint density at radius 2 is 2.00 bits per heavy atom. The van der Waals surface area contributed by atoms with E-state index in [4.69, 9.17) is 9.84 Å². The molecule has 0 fully saturated rings. The molecule has 1 aromatic rings. The second-order valence-corrected chi connectivity index (χ2v) is 3.64. The lowest BCUT2D eigenvalue weighted by Gasteiger charge is -2.09.